The van der Waals surface area contributed by atoms with Gasteiger partial charge in [0.2, 0.25) is 5.91 Å². The van der Waals surface area contributed by atoms with E-state index in [1.54, 1.807) is 11.9 Å². The van der Waals surface area contributed by atoms with Crippen LogP contribution in [0.25, 0.3) is 0 Å². The molecule has 1 heterocycles. The van der Waals surface area contributed by atoms with Crippen molar-refractivity contribution in [2.45, 2.75) is 33.1 Å². The van der Waals surface area contributed by atoms with Crippen molar-refractivity contribution in [3.05, 3.63) is 12.3 Å². The fourth-order valence-corrected chi connectivity index (χ4v) is 0.955. The van der Waals surface area contributed by atoms with Gasteiger partial charge < -0.3 is 4.90 Å². The number of hydrogen-bond donors (Lipinski definition) is 0. The van der Waals surface area contributed by atoms with Crippen LogP contribution in [0, 0.1) is 0 Å². The van der Waals surface area contributed by atoms with Crippen LogP contribution in [0.1, 0.15) is 33.1 Å². The van der Waals surface area contributed by atoms with E-state index in [1.807, 2.05) is 13.8 Å². The van der Waals surface area contributed by atoms with Gasteiger partial charge in [0.25, 0.3) is 0 Å². The summed E-state index contributed by atoms with van der Waals surface area (Å²) in [6.07, 6.45) is 2.64. The molecule has 1 aliphatic rings. The number of carbonyl (C=O) groups is 1. The van der Waals surface area contributed by atoms with E-state index in [-0.39, 0.29) is 5.91 Å². The number of hydrogen-bond acceptors (Lipinski definition) is 1. The Kier molecular flexibility index (Phi) is 4.59. The Morgan fingerprint density at radius 2 is 1.91 bits per heavy atom. The first-order chi connectivity index (χ1) is 5.22. The lowest BCUT2D eigenvalue weighted by Gasteiger charge is -2.24. The normalized spacial score (nSPS) is 17.5. The first kappa shape index (κ1) is 10.2. The molecule has 1 rings (SSSR count). The summed E-state index contributed by atoms with van der Waals surface area (Å²) in [5.74, 6) is 0.200. The van der Waals surface area contributed by atoms with Crippen molar-refractivity contribution in [3.63, 3.8) is 0 Å². The standard InChI is InChI=1S/C7H11NO.C2H6/c1-6-4-3-5-7(9)8(6)2;1-2/h1,3-5H2,2H3;1-2H3. The Hall–Kier alpha value is -0.790. The molecule has 64 valence electrons. The third kappa shape index (κ3) is 2.74. The molecule has 0 bridgehead atoms. The Labute approximate surface area is 68.9 Å². The fraction of sp³-hybridized carbons (Fsp3) is 0.667. The van der Waals surface area contributed by atoms with Crippen LogP contribution in [0.3, 0.4) is 0 Å². The largest absolute Gasteiger partial charge is 0.320 e. The lowest BCUT2D eigenvalue weighted by atomic mass is 10.1. The number of carbonyl (C=O) groups excluding carboxylic acids is 1. The zero-order valence-corrected chi connectivity index (χ0v) is 7.68. The number of amides is 1. The van der Waals surface area contributed by atoms with Crippen LogP contribution in [0.5, 0.6) is 0 Å². The highest BCUT2D eigenvalue weighted by atomic mass is 16.2. The number of likely N-dealkylation sites (tertiary alicyclic amines) is 1. The third-order valence-corrected chi connectivity index (χ3v) is 1.70. The Morgan fingerprint density at radius 1 is 1.36 bits per heavy atom. The highest BCUT2D eigenvalue weighted by Crippen LogP contribution is 2.16. The fourth-order valence-electron chi connectivity index (χ4n) is 0.955. The second kappa shape index (κ2) is 4.94. The SMILES string of the molecule is C=C1CCCC(=O)N1C.CC. The predicted octanol–water partition coefficient (Wildman–Crippen LogP) is 2.17. The molecule has 2 nitrogen and oxygen atoms in total. The van der Waals surface area contributed by atoms with Gasteiger partial charge in [-0.3, -0.25) is 4.79 Å². The van der Waals surface area contributed by atoms with Gasteiger partial charge in [-0.05, 0) is 12.8 Å². The summed E-state index contributed by atoms with van der Waals surface area (Å²) in [5, 5.41) is 0. The zero-order valence-electron chi connectivity index (χ0n) is 7.68. The highest BCUT2D eigenvalue weighted by molar-refractivity contribution is 5.78. The maximum absolute atomic E-state index is 10.9. The zero-order chi connectivity index (χ0) is 8.85. The van der Waals surface area contributed by atoms with Crippen molar-refractivity contribution in [1.82, 2.24) is 4.90 Å². The molecule has 0 aliphatic carbocycles. The topological polar surface area (TPSA) is 20.3 Å². The predicted molar refractivity (Wildman–Crippen MR) is 47.1 cm³/mol. The van der Waals surface area contributed by atoms with Crippen LogP contribution in [0.15, 0.2) is 12.3 Å². The first-order valence-corrected chi connectivity index (χ1v) is 4.16. The minimum absolute atomic E-state index is 0.200. The summed E-state index contributed by atoms with van der Waals surface area (Å²) in [4.78, 5) is 12.5. The van der Waals surface area contributed by atoms with Crippen molar-refractivity contribution < 1.29 is 4.79 Å². The number of rotatable bonds is 0. The summed E-state index contributed by atoms with van der Waals surface area (Å²) in [6.45, 7) is 7.75. The molecule has 0 unspecified atom stereocenters. The number of piperidine rings is 1. The van der Waals surface area contributed by atoms with Crippen molar-refractivity contribution in [3.8, 4) is 0 Å². The summed E-state index contributed by atoms with van der Waals surface area (Å²) >= 11 is 0. The van der Waals surface area contributed by atoms with E-state index in [1.165, 1.54) is 0 Å². The molecule has 0 N–H and O–H groups in total. The lowest BCUT2D eigenvalue weighted by Crippen LogP contribution is -2.28. The lowest BCUT2D eigenvalue weighted by molar-refractivity contribution is -0.129. The van der Waals surface area contributed by atoms with Gasteiger partial charge in [0, 0.05) is 19.2 Å². The van der Waals surface area contributed by atoms with Crippen LogP contribution in [-0.2, 0) is 4.79 Å². The van der Waals surface area contributed by atoms with Crippen LogP contribution in [0.4, 0.5) is 0 Å². The minimum atomic E-state index is 0.200. The van der Waals surface area contributed by atoms with Gasteiger partial charge in [-0.2, -0.15) is 0 Å². The Morgan fingerprint density at radius 3 is 2.27 bits per heavy atom. The Bertz CT molecular complexity index is 136. The maximum Gasteiger partial charge on any atom is 0.226 e. The highest BCUT2D eigenvalue weighted by Gasteiger charge is 2.16. The third-order valence-electron chi connectivity index (χ3n) is 1.70. The summed E-state index contributed by atoms with van der Waals surface area (Å²) in [6, 6.07) is 0. The number of allylic oxidation sites excluding steroid dienone is 1. The molecule has 1 aliphatic heterocycles. The molecule has 0 spiro atoms. The minimum Gasteiger partial charge on any atom is -0.320 e. The molecule has 2 heteroatoms. The van der Waals surface area contributed by atoms with Gasteiger partial charge in [-0.15, -0.1) is 0 Å². The van der Waals surface area contributed by atoms with Gasteiger partial charge in [-0.25, -0.2) is 0 Å². The molecular formula is C9H17NO. The Balaban J connectivity index is 0.000000461. The van der Waals surface area contributed by atoms with Crippen molar-refractivity contribution >= 4 is 5.91 Å². The molecule has 1 saturated heterocycles. The van der Waals surface area contributed by atoms with E-state index < -0.39 is 0 Å². The second-order valence-electron chi connectivity index (χ2n) is 2.37. The second-order valence-corrected chi connectivity index (χ2v) is 2.37. The smallest absolute Gasteiger partial charge is 0.226 e. The summed E-state index contributed by atoms with van der Waals surface area (Å²) in [7, 11) is 1.78. The van der Waals surface area contributed by atoms with E-state index in [2.05, 4.69) is 6.58 Å². The van der Waals surface area contributed by atoms with Crippen LogP contribution in [-0.4, -0.2) is 17.9 Å². The van der Waals surface area contributed by atoms with Gasteiger partial charge >= 0.3 is 0 Å². The van der Waals surface area contributed by atoms with Gasteiger partial charge in [0.1, 0.15) is 0 Å². The molecule has 1 fully saturated rings. The average Bonchev–Trinajstić information content (AvgIpc) is 2.04. The molecule has 1 amide bonds. The van der Waals surface area contributed by atoms with Crippen molar-refractivity contribution in [2.24, 2.45) is 0 Å². The summed E-state index contributed by atoms with van der Waals surface area (Å²) < 4.78 is 0. The summed E-state index contributed by atoms with van der Waals surface area (Å²) in [5.41, 5.74) is 0.950. The van der Waals surface area contributed by atoms with Crippen LogP contribution >= 0.6 is 0 Å². The molecular weight excluding hydrogens is 138 g/mol. The quantitative estimate of drug-likeness (QED) is 0.525. The molecule has 0 saturated carbocycles. The first-order valence-electron chi connectivity index (χ1n) is 4.16. The molecule has 0 aromatic rings. The van der Waals surface area contributed by atoms with E-state index in [4.69, 9.17) is 0 Å². The van der Waals surface area contributed by atoms with Gasteiger partial charge in [-0.1, -0.05) is 20.4 Å². The van der Waals surface area contributed by atoms with Gasteiger partial charge in [0.15, 0.2) is 0 Å². The van der Waals surface area contributed by atoms with E-state index in [0.29, 0.717) is 6.42 Å². The van der Waals surface area contributed by atoms with Crippen molar-refractivity contribution in [1.29, 1.82) is 0 Å². The van der Waals surface area contributed by atoms with E-state index >= 15 is 0 Å². The molecule has 0 aromatic carbocycles. The average molecular weight is 155 g/mol. The monoisotopic (exact) mass is 155 g/mol. The maximum atomic E-state index is 10.9. The van der Waals surface area contributed by atoms with Gasteiger partial charge in [0.05, 0.1) is 0 Å². The van der Waals surface area contributed by atoms with E-state index in [9.17, 15) is 4.79 Å². The van der Waals surface area contributed by atoms with Crippen LogP contribution in [0.2, 0.25) is 0 Å². The molecule has 0 aromatic heterocycles. The molecule has 0 atom stereocenters. The van der Waals surface area contributed by atoms with Crippen LogP contribution < -0.4 is 0 Å². The number of nitrogens with zero attached hydrogens (tertiary/aromatic N) is 1. The van der Waals surface area contributed by atoms with E-state index in [0.717, 1.165) is 18.5 Å². The van der Waals surface area contributed by atoms with Crippen molar-refractivity contribution in [2.75, 3.05) is 7.05 Å². The molecule has 0 radical (unpaired) electrons. The molecule has 11 heavy (non-hydrogen) atoms.